The summed E-state index contributed by atoms with van der Waals surface area (Å²) in [5, 5.41) is 13.5. The lowest BCUT2D eigenvalue weighted by atomic mass is 9.97. The van der Waals surface area contributed by atoms with Gasteiger partial charge in [0.2, 0.25) is 0 Å². The predicted molar refractivity (Wildman–Crippen MR) is 91.3 cm³/mol. The molecule has 1 aliphatic heterocycles. The number of ether oxygens (including phenoxy) is 2. The number of nitrogens with zero attached hydrogens (tertiary/aromatic N) is 1. The summed E-state index contributed by atoms with van der Waals surface area (Å²) in [6.07, 6.45) is -0.924. The third-order valence-electron chi connectivity index (χ3n) is 4.64. The Bertz CT molecular complexity index is 846. The molecule has 0 saturated carbocycles. The number of methoxy groups -OCH3 is 1. The third kappa shape index (κ3) is 3.10. The summed E-state index contributed by atoms with van der Waals surface area (Å²) in [7, 11) is 1.51. The van der Waals surface area contributed by atoms with Crippen LogP contribution in [0.5, 0.6) is 11.5 Å². The van der Waals surface area contributed by atoms with Crippen LogP contribution in [-0.2, 0) is 4.79 Å². The molecule has 1 amide bonds. The minimum atomic E-state index is -1.48. The number of rotatable bonds is 5. The summed E-state index contributed by atoms with van der Waals surface area (Å²) < 4.78 is 25.0. The highest BCUT2D eigenvalue weighted by molar-refractivity contribution is 5.91. The molecule has 1 heterocycles. The topological polar surface area (TPSA) is 71.3 Å². The van der Waals surface area contributed by atoms with Crippen molar-refractivity contribution in [3.05, 3.63) is 35.9 Å². The van der Waals surface area contributed by atoms with Crippen LogP contribution in [0.15, 0.2) is 30.3 Å². The molecule has 25 heavy (non-hydrogen) atoms. The van der Waals surface area contributed by atoms with Crippen LogP contribution in [-0.4, -0.2) is 31.8 Å². The Balaban J connectivity index is 1.87. The lowest BCUT2D eigenvalue weighted by molar-refractivity contribution is -0.123. The molecule has 3 rings (SSSR count). The Kier molecular flexibility index (Phi) is 4.75. The number of alkyl halides is 1. The molecule has 0 bridgehead atoms. The van der Waals surface area contributed by atoms with Crippen molar-refractivity contribution in [2.24, 2.45) is 5.92 Å². The molecule has 130 valence electrons. The van der Waals surface area contributed by atoms with E-state index >= 15 is 0 Å². The van der Waals surface area contributed by atoms with Crippen LogP contribution in [0.25, 0.3) is 10.8 Å². The number of fused-ring (bicyclic) bond motifs is 1. The number of nitriles is 1. The molecule has 1 aliphatic rings. The first-order valence-electron chi connectivity index (χ1n) is 8.17. The Morgan fingerprint density at radius 2 is 2.12 bits per heavy atom. The maximum atomic E-state index is 13.9. The average Bonchev–Trinajstić information content (AvgIpc) is 2.91. The minimum Gasteiger partial charge on any atom is -0.495 e. The van der Waals surface area contributed by atoms with Crippen LogP contribution < -0.4 is 14.8 Å². The van der Waals surface area contributed by atoms with E-state index in [0.29, 0.717) is 23.5 Å². The van der Waals surface area contributed by atoms with Gasteiger partial charge in [-0.15, -0.1) is 0 Å². The summed E-state index contributed by atoms with van der Waals surface area (Å²) in [6, 6.07) is 10.8. The molecule has 2 aromatic rings. The predicted octanol–water partition coefficient (Wildman–Crippen LogP) is 2.96. The van der Waals surface area contributed by atoms with Crippen LogP contribution in [0, 0.1) is 17.2 Å². The first-order chi connectivity index (χ1) is 12.1. The molecule has 0 radical (unpaired) electrons. The van der Waals surface area contributed by atoms with E-state index in [1.54, 1.807) is 18.2 Å². The number of benzene rings is 2. The van der Waals surface area contributed by atoms with E-state index in [1.165, 1.54) is 7.11 Å². The largest absolute Gasteiger partial charge is 0.495 e. The van der Waals surface area contributed by atoms with Crippen molar-refractivity contribution < 1.29 is 18.7 Å². The van der Waals surface area contributed by atoms with Gasteiger partial charge in [0.05, 0.1) is 18.7 Å². The van der Waals surface area contributed by atoms with Gasteiger partial charge in [-0.25, -0.2) is 4.39 Å². The molecule has 6 heteroatoms. The van der Waals surface area contributed by atoms with Crippen molar-refractivity contribution in [2.45, 2.75) is 25.6 Å². The summed E-state index contributed by atoms with van der Waals surface area (Å²) in [6.45, 7) is 2.04. The fourth-order valence-electron chi connectivity index (χ4n) is 3.26. The molecule has 3 atom stereocenters. The van der Waals surface area contributed by atoms with Gasteiger partial charge in [0, 0.05) is 11.3 Å². The van der Waals surface area contributed by atoms with Gasteiger partial charge in [-0.2, -0.15) is 5.26 Å². The van der Waals surface area contributed by atoms with Gasteiger partial charge in [-0.3, -0.25) is 4.79 Å². The average molecular weight is 342 g/mol. The van der Waals surface area contributed by atoms with E-state index in [2.05, 4.69) is 11.4 Å². The van der Waals surface area contributed by atoms with E-state index in [0.717, 1.165) is 10.8 Å². The molecule has 2 aromatic carbocycles. The molecule has 1 N–H and O–H groups in total. The zero-order valence-electron chi connectivity index (χ0n) is 14.1. The fourth-order valence-corrected chi connectivity index (χ4v) is 3.26. The monoisotopic (exact) mass is 342 g/mol. The Hall–Kier alpha value is -2.81. The molecular weight excluding hydrogens is 323 g/mol. The maximum Gasteiger partial charge on any atom is 0.255 e. The molecule has 0 spiro atoms. The van der Waals surface area contributed by atoms with Crippen molar-refractivity contribution in [2.75, 3.05) is 13.7 Å². The molecule has 1 unspecified atom stereocenters. The smallest absolute Gasteiger partial charge is 0.255 e. The summed E-state index contributed by atoms with van der Waals surface area (Å²) in [5.41, 5.74) is 0.446. The SMILES string of the molecule is CC[C@H]1C(COc2cccc3cc(C#N)c(OC)cc23)NC(=O)[C@H]1F. The number of hydrogen-bond acceptors (Lipinski definition) is 4. The molecule has 5 nitrogen and oxygen atoms in total. The van der Waals surface area contributed by atoms with Gasteiger partial charge in [-0.1, -0.05) is 19.1 Å². The molecule has 1 fully saturated rings. The van der Waals surface area contributed by atoms with Gasteiger partial charge in [-0.05, 0) is 30.0 Å². The van der Waals surface area contributed by atoms with E-state index in [4.69, 9.17) is 9.47 Å². The molecule has 0 aromatic heterocycles. The number of carbonyl (C=O) groups is 1. The van der Waals surface area contributed by atoms with Crippen molar-refractivity contribution in [3.63, 3.8) is 0 Å². The highest BCUT2D eigenvalue weighted by atomic mass is 19.1. The quantitative estimate of drug-likeness (QED) is 0.907. The Morgan fingerprint density at radius 3 is 2.80 bits per heavy atom. The van der Waals surface area contributed by atoms with Crippen molar-refractivity contribution in [1.29, 1.82) is 5.26 Å². The number of carbonyl (C=O) groups excluding carboxylic acids is 1. The van der Waals surface area contributed by atoms with Gasteiger partial charge < -0.3 is 14.8 Å². The zero-order valence-corrected chi connectivity index (χ0v) is 14.1. The number of amides is 1. The second kappa shape index (κ2) is 6.98. The highest BCUT2D eigenvalue weighted by Gasteiger charge is 2.41. The van der Waals surface area contributed by atoms with E-state index in [-0.39, 0.29) is 18.6 Å². The summed E-state index contributed by atoms with van der Waals surface area (Å²) >= 11 is 0. The Labute approximate surface area is 145 Å². The number of nitrogens with one attached hydrogen (secondary N) is 1. The van der Waals surface area contributed by atoms with Crippen LogP contribution in [0.2, 0.25) is 0 Å². The molecule has 0 aliphatic carbocycles. The van der Waals surface area contributed by atoms with Gasteiger partial charge in [0.1, 0.15) is 24.2 Å². The third-order valence-corrected chi connectivity index (χ3v) is 4.64. The van der Waals surface area contributed by atoms with Crippen LogP contribution in [0.1, 0.15) is 18.9 Å². The lowest BCUT2D eigenvalue weighted by Crippen LogP contribution is -2.34. The van der Waals surface area contributed by atoms with Crippen LogP contribution in [0.3, 0.4) is 0 Å². The number of halogens is 1. The number of hydrogen-bond donors (Lipinski definition) is 1. The first kappa shape index (κ1) is 17.0. The molecular formula is C19H19FN2O3. The van der Waals surface area contributed by atoms with E-state index in [9.17, 15) is 14.4 Å². The highest BCUT2D eigenvalue weighted by Crippen LogP contribution is 2.32. The van der Waals surface area contributed by atoms with Gasteiger partial charge in [0.25, 0.3) is 5.91 Å². The summed E-state index contributed by atoms with van der Waals surface area (Å²) in [4.78, 5) is 11.5. The summed E-state index contributed by atoms with van der Waals surface area (Å²) in [5.74, 6) is 0.114. The van der Waals surface area contributed by atoms with Crippen LogP contribution >= 0.6 is 0 Å². The zero-order chi connectivity index (χ0) is 18.0. The van der Waals surface area contributed by atoms with Gasteiger partial charge >= 0.3 is 0 Å². The molecule has 1 saturated heterocycles. The first-order valence-corrected chi connectivity index (χ1v) is 8.17. The fraction of sp³-hybridized carbons (Fsp3) is 0.368. The maximum absolute atomic E-state index is 13.9. The Morgan fingerprint density at radius 1 is 1.32 bits per heavy atom. The second-order valence-electron chi connectivity index (χ2n) is 6.04. The van der Waals surface area contributed by atoms with E-state index < -0.39 is 12.1 Å². The standard InChI is InChI=1S/C19H19FN2O3/c1-3-13-15(22-19(23)18(13)20)10-25-16-6-4-5-11-7-12(9-21)17(24-2)8-14(11)16/h4-8,13,15,18H,3,10H2,1-2H3,(H,22,23)/t13-,15?,18-/m0/s1. The normalized spacial score (nSPS) is 22.5. The second-order valence-corrected chi connectivity index (χ2v) is 6.04. The van der Waals surface area contributed by atoms with Crippen LogP contribution in [0.4, 0.5) is 4.39 Å². The minimum absolute atomic E-state index is 0.187. The van der Waals surface area contributed by atoms with E-state index in [1.807, 2.05) is 19.1 Å². The van der Waals surface area contributed by atoms with Crippen molar-refractivity contribution in [3.8, 4) is 17.6 Å². The van der Waals surface area contributed by atoms with Crippen molar-refractivity contribution >= 4 is 16.7 Å². The van der Waals surface area contributed by atoms with Gasteiger partial charge in [0.15, 0.2) is 6.17 Å². The van der Waals surface area contributed by atoms with Crippen molar-refractivity contribution in [1.82, 2.24) is 5.32 Å². The lowest BCUT2D eigenvalue weighted by Gasteiger charge is -2.19.